The minimum absolute atomic E-state index is 0.00447. The van der Waals surface area contributed by atoms with Gasteiger partial charge in [0.2, 0.25) is 10.0 Å². The smallest absolute Gasteiger partial charge is 0.243 e. The van der Waals surface area contributed by atoms with Crippen LogP contribution < -0.4 is 4.72 Å². The maximum absolute atomic E-state index is 13.6. The number of hydrogen-bond acceptors (Lipinski definition) is 3. The maximum atomic E-state index is 13.6. The van der Waals surface area contributed by atoms with Gasteiger partial charge in [-0.25, -0.2) is 26.9 Å². The van der Waals surface area contributed by atoms with E-state index in [4.69, 9.17) is 0 Å². The second-order valence-corrected chi connectivity index (χ2v) is 7.19. The van der Waals surface area contributed by atoms with Crippen molar-refractivity contribution in [2.45, 2.75) is 18.0 Å². The van der Waals surface area contributed by atoms with Crippen LogP contribution in [0.4, 0.5) is 8.78 Å². The summed E-state index contributed by atoms with van der Waals surface area (Å²) >= 11 is 0. The van der Waals surface area contributed by atoms with E-state index < -0.39 is 26.6 Å². The molecule has 0 fully saturated rings. The molecule has 0 aliphatic carbocycles. The Hall–Kier alpha value is -2.58. The molecule has 1 N–H and O–H groups in total. The van der Waals surface area contributed by atoms with Gasteiger partial charge in [0.05, 0.1) is 6.33 Å². The third-order valence-corrected chi connectivity index (χ3v) is 5.03. The van der Waals surface area contributed by atoms with Crippen molar-refractivity contribution in [1.82, 2.24) is 14.3 Å². The molecule has 0 amide bonds. The van der Waals surface area contributed by atoms with E-state index in [1.54, 1.807) is 24.7 Å². The molecule has 25 heavy (non-hydrogen) atoms. The van der Waals surface area contributed by atoms with Gasteiger partial charge in [-0.15, -0.1) is 0 Å². The second-order valence-electron chi connectivity index (χ2n) is 5.45. The quantitative estimate of drug-likeness (QED) is 0.732. The molecule has 1 heterocycles. The molecule has 130 valence electrons. The molecular weight excluding hydrogens is 348 g/mol. The summed E-state index contributed by atoms with van der Waals surface area (Å²) in [5.41, 5.74) is 1.76. The zero-order valence-corrected chi connectivity index (χ0v) is 13.9. The standard InChI is InChI=1S/C17H15F2N3O2S/c18-15-5-6-17(16(19)9-15)25(23,24)21-10-13-1-3-14(4-2-13)11-22-8-7-20-12-22/h1-9,12,21H,10-11H2. The molecule has 2 aromatic carbocycles. The van der Waals surface area contributed by atoms with Crippen molar-refractivity contribution >= 4 is 10.0 Å². The van der Waals surface area contributed by atoms with Gasteiger partial charge in [-0.3, -0.25) is 0 Å². The van der Waals surface area contributed by atoms with E-state index in [0.29, 0.717) is 12.6 Å². The van der Waals surface area contributed by atoms with Crippen molar-refractivity contribution in [1.29, 1.82) is 0 Å². The Morgan fingerprint density at radius 2 is 1.76 bits per heavy atom. The van der Waals surface area contributed by atoms with Crippen LogP contribution in [0.5, 0.6) is 0 Å². The number of aromatic nitrogens is 2. The van der Waals surface area contributed by atoms with Gasteiger partial charge in [0.15, 0.2) is 0 Å². The fraction of sp³-hybridized carbons (Fsp3) is 0.118. The third-order valence-electron chi connectivity index (χ3n) is 3.60. The van der Waals surface area contributed by atoms with Crippen LogP contribution in [-0.2, 0) is 23.1 Å². The predicted molar refractivity (Wildman–Crippen MR) is 88.2 cm³/mol. The number of sulfonamides is 1. The molecule has 5 nitrogen and oxygen atoms in total. The highest BCUT2D eigenvalue weighted by Crippen LogP contribution is 2.16. The fourth-order valence-electron chi connectivity index (χ4n) is 2.30. The van der Waals surface area contributed by atoms with Crippen LogP contribution in [0.2, 0.25) is 0 Å². The van der Waals surface area contributed by atoms with Crippen molar-refractivity contribution in [3.63, 3.8) is 0 Å². The summed E-state index contributed by atoms with van der Waals surface area (Å²) in [7, 11) is -4.06. The molecule has 8 heteroatoms. The topological polar surface area (TPSA) is 64.0 Å². The molecule has 0 radical (unpaired) electrons. The summed E-state index contributed by atoms with van der Waals surface area (Å²) in [6.07, 6.45) is 5.25. The van der Waals surface area contributed by atoms with Gasteiger partial charge in [-0.1, -0.05) is 24.3 Å². The molecule has 0 aliphatic heterocycles. The van der Waals surface area contributed by atoms with E-state index in [2.05, 4.69) is 9.71 Å². The first-order chi connectivity index (χ1) is 11.9. The highest BCUT2D eigenvalue weighted by Gasteiger charge is 2.19. The third kappa shape index (κ3) is 4.28. The van der Waals surface area contributed by atoms with Crippen LogP contribution in [-0.4, -0.2) is 18.0 Å². The van der Waals surface area contributed by atoms with Crippen molar-refractivity contribution in [3.8, 4) is 0 Å². The fourth-order valence-corrected chi connectivity index (χ4v) is 3.38. The average molecular weight is 363 g/mol. The molecule has 0 saturated heterocycles. The average Bonchev–Trinajstić information content (AvgIpc) is 3.07. The van der Waals surface area contributed by atoms with Crippen LogP contribution >= 0.6 is 0 Å². The summed E-state index contributed by atoms with van der Waals surface area (Å²) in [6, 6.07) is 9.68. The van der Waals surface area contributed by atoms with Crippen molar-refractivity contribution in [2.24, 2.45) is 0 Å². The van der Waals surface area contributed by atoms with Gasteiger partial charge < -0.3 is 4.57 Å². The van der Waals surface area contributed by atoms with Crippen molar-refractivity contribution < 1.29 is 17.2 Å². The molecule has 0 atom stereocenters. The zero-order valence-electron chi connectivity index (χ0n) is 13.1. The van der Waals surface area contributed by atoms with Crippen LogP contribution in [0.1, 0.15) is 11.1 Å². The van der Waals surface area contributed by atoms with Gasteiger partial charge in [0.25, 0.3) is 0 Å². The molecule has 0 spiro atoms. The van der Waals surface area contributed by atoms with E-state index >= 15 is 0 Å². The minimum Gasteiger partial charge on any atom is -0.333 e. The summed E-state index contributed by atoms with van der Waals surface area (Å²) in [5.74, 6) is -1.95. The molecule has 3 aromatic rings. The molecule has 3 rings (SSSR count). The summed E-state index contributed by atoms with van der Waals surface area (Å²) in [6.45, 7) is 0.664. The van der Waals surface area contributed by atoms with Gasteiger partial charge in [0.1, 0.15) is 16.5 Å². The number of imidazole rings is 1. The first-order valence-electron chi connectivity index (χ1n) is 7.42. The van der Waals surface area contributed by atoms with E-state index in [1.165, 1.54) is 0 Å². The molecule has 1 aromatic heterocycles. The molecule has 0 aliphatic rings. The second kappa shape index (κ2) is 7.12. The van der Waals surface area contributed by atoms with Crippen LogP contribution in [0, 0.1) is 11.6 Å². The van der Waals surface area contributed by atoms with Gasteiger partial charge in [0, 0.05) is 31.5 Å². The Bertz CT molecular complexity index is 956. The lowest BCUT2D eigenvalue weighted by molar-refractivity contribution is 0.543. The molecule has 0 unspecified atom stereocenters. The Labute approximate surface area is 144 Å². The Morgan fingerprint density at radius 3 is 2.40 bits per heavy atom. The highest BCUT2D eigenvalue weighted by molar-refractivity contribution is 7.89. The van der Waals surface area contributed by atoms with Gasteiger partial charge in [-0.05, 0) is 23.3 Å². The largest absolute Gasteiger partial charge is 0.333 e. The Morgan fingerprint density at radius 1 is 1.04 bits per heavy atom. The number of hydrogen-bond donors (Lipinski definition) is 1. The van der Waals surface area contributed by atoms with Crippen molar-refractivity contribution in [3.05, 3.63) is 83.9 Å². The van der Waals surface area contributed by atoms with E-state index in [-0.39, 0.29) is 6.54 Å². The summed E-state index contributed by atoms with van der Waals surface area (Å²) < 4.78 is 55.0. The number of rotatable bonds is 6. The normalized spacial score (nSPS) is 11.6. The van der Waals surface area contributed by atoms with E-state index in [0.717, 1.165) is 23.3 Å². The first kappa shape index (κ1) is 17.2. The van der Waals surface area contributed by atoms with Crippen molar-refractivity contribution in [2.75, 3.05) is 0 Å². The minimum atomic E-state index is -4.06. The zero-order chi connectivity index (χ0) is 17.9. The van der Waals surface area contributed by atoms with Crippen LogP contribution in [0.3, 0.4) is 0 Å². The lowest BCUT2D eigenvalue weighted by atomic mass is 10.1. The number of nitrogens with zero attached hydrogens (tertiary/aromatic N) is 2. The summed E-state index contributed by atoms with van der Waals surface area (Å²) in [4.78, 5) is 3.39. The Kier molecular flexibility index (Phi) is 4.91. The summed E-state index contributed by atoms with van der Waals surface area (Å²) in [5, 5.41) is 0. The Balaban J connectivity index is 1.66. The van der Waals surface area contributed by atoms with Gasteiger partial charge in [-0.2, -0.15) is 0 Å². The maximum Gasteiger partial charge on any atom is 0.243 e. The number of halogens is 2. The SMILES string of the molecule is O=S(=O)(NCc1ccc(Cn2ccnc2)cc1)c1ccc(F)cc1F. The predicted octanol–water partition coefficient (Wildman–Crippen LogP) is 2.69. The lowest BCUT2D eigenvalue weighted by Crippen LogP contribution is -2.24. The molecule has 0 saturated carbocycles. The number of nitrogens with one attached hydrogen (secondary N) is 1. The first-order valence-corrected chi connectivity index (χ1v) is 8.91. The van der Waals surface area contributed by atoms with Crippen LogP contribution in [0.25, 0.3) is 0 Å². The molecular formula is C17H15F2N3O2S. The van der Waals surface area contributed by atoms with Gasteiger partial charge >= 0.3 is 0 Å². The van der Waals surface area contributed by atoms with Crippen LogP contribution in [0.15, 0.2) is 66.1 Å². The molecule has 0 bridgehead atoms. The highest BCUT2D eigenvalue weighted by atomic mass is 32.2. The van der Waals surface area contributed by atoms with E-state index in [1.807, 2.05) is 22.9 Å². The van der Waals surface area contributed by atoms with E-state index in [9.17, 15) is 17.2 Å². The monoisotopic (exact) mass is 363 g/mol. The number of benzene rings is 2. The lowest BCUT2D eigenvalue weighted by Gasteiger charge is -2.09.